The number of hydrogen-bond acceptors (Lipinski definition) is 7. The Hall–Kier alpha value is -1.83. The van der Waals surface area contributed by atoms with Crippen LogP contribution in [0.2, 0.25) is 0 Å². The standard InChI is InChI=1S/C12H18N6OS/c1-3-5-13-9-16-10(19-8-4-2)18-12(17-9)20-11-14-6-7-15-11/h6-7H,3-5,8H2,1-2H3,(H,14,15)(H,13,16,17,18). The van der Waals surface area contributed by atoms with Crippen LogP contribution in [0, 0.1) is 0 Å². The molecule has 2 N–H and O–H groups in total. The lowest BCUT2D eigenvalue weighted by molar-refractivity contribution is 0.288. The third-order valence-electron chi connectivity index (χ3n) is 2.22. The fourth-order valence-corrected chi connectivity index (χ4v) is 2.02. The Labute approximate surface area is 122 Å². The SMILES string of the molecule is CCCNc1nc(OCCC)nc(Sc2ncc[nH]2)n1. The number of ether oxygens (including phenoxy) is 1. The number of anilines is 1. The van der Waals surface area contributed by atoms with Crippen LogP contribution in [-0.4, -0.2) is 38.1 Å². The highest BCUT2D eigenvalue weighted by molar-refractivity contribution is 7.99. The van der Waals surface area contributed by atoms with E-state index in [1.54, 1.807) is 12.4 Å². The summed E-state index contributed by atoms with van der Waals surface area (Å²) in [4.78, 5) is 20.0. The van der Waals surface area contributed by atoms with Crippen molar-refractivity contribution in [2.45, 2.75) is 37.0 Å². The van der Waals surface area contributed by atoms with E-state index in [0.29, 0.717) is 23.7 Å². The fourth-order valence-electron chi connectivity index (χ4n) is 1.35. The second-order valence-electron chi connectivity index (χ2n) is 4.00. The molecule has 0 spiro atoms. The molecule has 0 fully saturated rings. The molecule has 2 heterocycles. The number of nitrogens with one attached hydrogen (secondary N) is 2. The molecule has 108 valence electrons. The van der Waals surface area contributed by atoms with Gasteiger partial charge in [0, 0.05) is 18.9 Å². The van der Waals surface area contributed by atoms with Gasteiger partial charge in [0.25, 0.3) is 0 Å². The lowest BCUT2D eigenvalue weighted by atomic mass is 10.5. The number of aromatic nitrogens is 5. The number of H-pyrrole nitrogens is 1. The summed E-state index contributed by atoms with van der Waals surface area (Å²) < 4.78 is 5.49. The van der Waals surface area contributed by atoms with Gasteiger partial charge in [0.2, 0.25) is 11.1 Å². The molecule has 0 aliphatic carbocycles. The topological polar surface area (TPSA) is 88.6 Å². The quantitative estimate of drug-likeness (QED) is 0.772. The first-order chi connectivity index (χ1) is 9.81. The van der Waals surface area contributed by atoms with Gasteiger partial charge in [-0.25, -0.2) is 4.98 Å². The fraction of sp³-hybridized carbons (Fsp3) is 0.500. The van der Waals surface area contributed by atoms with Gasteiger partial charge >= 0.3 is 6.01 Å². The second kappa shape index (κ2) is 7.68. The predicted molar refractivity (Wildman–Crippen MR) is 77.1 cm³/mol. The minimum Gasteiger partial charge on any atom is -0.463 e. The van der Waals surface area contributed by atoms with Gasteiger partial charge in [0.05, 0.1) is 6.61 Å². The van der Waals surface area contributed by atoms with E-state index in [1.807, 2.05) is 6.92 Å². The Bertz CT molecular complexity index is 492. The normalized spacial score (nSPS) is 10.5. The van der Waals surface area contributed by atoms with E-state index in [-0.39, 0.29) is 0 Å². The van der Waals surface area contributed by atoms with E-state index >= 15 is 0 Å². The van der Waals surface area contributed by atoms with Crippen molar-refractivity contribution in [3.8, 4) is 6.01 Å². The van der Waals surface area contributed by atoms with E-state index in [0.717, 1.165) is 24.5 Å². The molecule has 0 amide bonds. The van der Waals surface area contributed by atoms with Crippen LogP contribution in [0.5, 0.6) is 6.01 Å². The van der Waals surface area contributed by atoms with Crippen molar-refractivity contribution in [2.24, 2.45) is 0 Å². The zero-order valence-electron chi connectivity index (χ0n) is 11.6. The van der Waals surface area contributed by atoms with Gasteiger partial charge in [-0.05, 0) is 24.6 Å². The molecule has 8 heteroatoms. The van der Waals surface area contributed by atoms with Gasteiger partial charge in [0.15, 0.2) is 5.16 Å². The summed E-state index contributed by atoms with van der Waals surface area (Å²) in [7, 11) is 0. The summed E-state index contributed by atoms with van der Waals surface area (Å²) in [5, 5.41) is 4.44. The average Bonchev–Trinajstić information content (AvgIpc) is 2.95. The summed E-state index contributed by atoms with van der Waals surface area (Å²) in [5.74, 6) is 0.530. The Morgan fingerprint density at radius 2 is 2.15 bits per heavy atom. The molecular weight excluding hydrogens is 276 g/mol. The van der Waals surface area contributed by atoms with Gasteiger partial charge in [-0.2, -0.15) is 15.0 Å². The summed E-state index contributed by atoms with van der Waals surface area (Å²) >= 11 is 1.34. The number of aromatic amines is 1. The molecular formula is C12H18N6OS. The lowest BCUT2D eigenvalue weighted by Crippen LogP contribution is -2.09. The maximum Gasteiger partial charge on any atom is 0.322 e. The van der Waals surface area contributed by atoms with Crippen LogP contribution >= 0.6 is 11.8 Å². The zero-order chi connectivity index (χ0) is 14.2. The van der Waals surface area contributed by atoms with Crippen LogP contribution in [0.1, 0.15) is 26.7 Å². The Kier molecular flexibility index (Phi) is 5.60. The van der Waals surface area contributed by atoms with Gasteiger partial charge in [-0.15, -0.1) is 0 Å². The molecule has 0 aliphatic heterocycles. The maximum atomic E-state index is 5.49. The molecule has 2 rings (SSSR count). The molecule has 2 aromatic rings. The van der Waals surface area contributed by atoms with Crippen molar-refractivity contribution in [2.75, 3.05) is 18.5 Å². The van der Waals surface area contributed by atoms with Crippen LogP contribution in [0.4, 0.5) is 5.95 Å². The summed E-state index contributed by atoms with van der Waals surface area (Å²) in [6.07, 6.45) is 5.35. The third-order valence-corrected chi connectivity index (χ3v) is 3.01. The molecule has 0 atom stereocenters. The largest absolute Gasteiger partial charge is 0.463 e. The smallest absolute Gasteiger partial charge is 0.322 e. The number of rotatable bonds is 8. The van der Waals surface area contributed by atoms with E-state index in [4.69, 9.17) is 4.74 Å². The van der Waals surface area contributed by atoms with Crippen LogP contribution in [0.3, 0.4) is 0 Å². The summed E-state index contributed by atoms with van der Waals surface area (Å²) in [5.41, 5.74) is 0. The monoisotopic (exact) mass is 294 g/mol. The van der Waals surface area contributed by atoms with E-state index < -0.39 is 0 Å². The average molecular weight is 294 g/mol. The Morgan fingerprint density at radius 1 is 1.25 bits per heavy atom. The lowest BCUT2D eigenvalue weighted by Gasteiger charge is -2.07. The minimum absolute atomic E-state index is 0.342. The maximum absolute atomic E-state index is 5.49. The van der Waals surface area contributed by atoms with E-state index in [9.17, 15) is 0 Å². The molecule has 0 unspecified atom stereocenters. The van der Waals surface area contributed by atoms with Gasteiger partial charge in [0.1, 0.15) is 0 Å². The molecule has 0 saturated heterocycles. The van der Waals surface area contributed by atoms with Crippen molar-refractivity contribution in [1.82, 2.24) is 24.9 Å². The van der Waals surface area contributed by atoms with E-state index in [1.165, 1.54) is 11.8 Å². The van der Waals surface area contributed by atoms with Gasteiger partial charge in [-0.1, -0.05) is 13.8 Å². The molecule has 0 radical (unpaired) electrons. The predicted octanol–water partition coefficient (Wildman–Crippen LogP) is 2.36. The van der Waals surface area contributed by atoms with Gasteiger partial charge < -0.3 is 15.0 Å². The highest BCUT2D eigenvalue weighted by atomic mass is 32.2. The van der Waals surface area contributed by atoms with Crippen molar-refractivity contribution in [3.63, 3.8) is 0 Å². The Morgan fingerprint density at radius 3 is 2.85 bits per heavy atom. The van der Waals surface area contributed by atoms with Crippen LogP contribution < -0.4 is 10.1 Å². The highest BCUT2D eigenvalue weighted by Gasteiger charge is 2.09. The number of imidazole rings is 1. The van der Waals surface area contributed by atoms with Gasteiger partial charge in [-0.3, -0.25) is 0 Å². The molecule has 0 aromatic carbocycles. The first-order valence-electron chi connectivity index (χ1n) is 6.61. The molecule has 2 aromatic heterocycles. The van der Waals surface area contributed by atoms with Crippen LogP contribution in [-0.2, 0) is 0 Å². The third kappa shape index (κ3) is 4.37. The van der Waals surface area contributed by atoms with Crippen LogP contribution in [0.15, 0.2) is 22.7 Å². The van der Waals surface area contributed by atoms with Crippen molar-refractivity contribution in [1.29, 1.82) is 0 Å². The number of hydrogen-bond donors (Lipinski definition) is 2. The van der Waals surface area contributed by atoms with Crippen molar-refractivity contribution >= 4 is 17.7 Å². The highest BCUT2D eigenvalue weighted by Crippen LogP contribution is 2.23. The van der Waals surface area contributed by atoms with E-state index in [2.05, 4.69) is 37.2 Å². The summed E-state index contributed by atoms with van der Waals surface area (Å²) in [6, 6.07) is 0.342. The first kappa shape index (κ1) is 14.6. The number of nitrogens with zero attached hydrogens (tertiary/aromatic N) is 4. The summed E-state index contributed by atoms with van der Waals surface area (Å²) in [6.45, 7) is 5.52. The van der Waals surface area contributed by atoms with Crippen molar-refractivity contribution in [3.05, 3.63) is 12.4 Å². The minimum atomic E-state index is 0.342. The second-order valence-corrected chi connectivity index (χ2v) is 4.95. The van der Waals surface area contributed by atoms with Crippen LogP contribution in [0.25, 0.3) is 0 Å². The first-order valence-corrected chi connectivity index (χ1v) is 7.43. The van der Waals surface area contributed by atoms with Crippen molar-refractivity contribution < 1.29 is 4.74 Å². The molecule has 0 bridgehead atoms. The zero-order valence-corrected chi connectivity index (χ0v) is 12.4. The molecule has 0 aliphatic rings. The molecule has 20 heavy (non-hydrogen) atoms. The molecule has 7 nitrogen and oxygen atoms in total. The molecule has 0 saturated carbocycles. The Balaban J connectivity index is 2.15.